The summed E-state index contributed by atoms with van der Waals surface area (Å²) in [6.45, 7) is 8.22. The minimum Gasteiger partial charge on any atom is -0.490 e. The van der Waals surface area contributed by atoms with Crippen molar-refractivity contribution in [2.24, 2.45) is 0 Å². The van der Waals surface area contributed by atoms with E-state index in [-0.39, 0.29) is 6.10 Å². The molecule has 1 aliphatic rings. The highest BCUT2D eigenvalue weighted by molar-refractivity contribution is 5.92. The van der Waals surface area contributed by atoms with Crippen LogP contribution in [-0.2, 0) is 16.1 Å². The summed E-state index contributed by atoms with van der Waals surface area (Å²) >= 11 is 0. The Morgan fingerprint density at radius 1 is 1.12 bits per heavy atom. The van der Waals surface area contributed by atoms with Crippen LogP contribution in [0.5, 0.6) is 11.5 Å². The van der Waals surface area contributed by atoms with Crippen LogP contribution in [0.15, 0.2) is 59.8 Å². The average Bonchev–Trinajstić information content (AvgIpc) is 3.25. The zero-order valence-corrected chi connectivity index (χ0v) is 19.1. The molecule has 33 heavy (non-hydrogen) atoms. The number of esters is 1. The predicted octanol–water partition coefficient (Wildman–Crippen LogP) is 3.89. The van der Waals surface area contributed by atoms with Crippen molar-refractivity contribution in [3.8, 4) is 11.5 Å². The fourth-order valence-corrected chi connectivity index (χ4v) is 3.68. The van der Waals surface area contributed by atoms with E-state index in [4.69, 9.17) is 14.2 Å². The molecule has 2 heterocycles. The van der Waals surface area contributed by atoms with Crippen molar-refractivity contribution >= 4 is 11.9 Å². The third kappa shape index (κ3) is 4.82. The molecule has 0 bridgehead atoms. The summed E-state index contributed by atoms with van der Waals surface area (Å²) in [5.41, 5.74) is 2.90. The van der Waals surface area contributed by atoms with Crippen LogP contribution >= 0.6 is 0 Å². The van der Waals surface area contributed by atoms with Crippen LogP contribution in [0.2, 0.25) is 0 Å². The Morgan fingerprint density at radius 2 is 1.91 bits per heavy atom. The topological polar surface area (TPSA) is 100 Å². The minimum atomic E-state index is -0.579. The van der Waals surface area contributed by atoms with Gasteiger partial charge in [-0.05, 0) is 61.4 Å². The molecule has 1 aromatic heterocycles. The summed E-state index contributed by atoms with van der Waals surface area (Å²) in [6.07, 6.45) is -0.263. The van der Waals surface area contributed by atoms with Crippen LogP contribution < -0.4 is 14.8 Å². The monoisotopic (exact) mass is 449 g/mol. The van der Waals surface area contributed by atoms with Crippen molar-refractivity contribution < 1.29 is 19.0 Å². The van der Waals surface area contributed by atoms with Gasteiger partial charge in [-0.2, -0.15) is 4.68 Å². The number of ether oxygens (including phenoxy) is 3. The van der Waals surface area contributed by atoms with Crippen molar-refractivity contribution in [2.75, 3.05) is 11.9 Å². The number of aromatic nitrogens is 4. The highest BCUT2D eigenvalue weighted by Crippen LogP contribution is 2.39. The molecule has 0 aliphatic carbocycles. The van der Waals surface area contributed by atoms with E-state index >= 15 is 0 Å². The largest absolute Gasteiger partial charge is 0.490 e. The van der Waals surface area contributed by atoms with E-state index in [0.717, 1.165) is 11.1 Å². The van der Waals surface area contributed by atoms with Gasteiger partial charge in [0.25, 0.3) is 0 Å². The highest BCUT2D eigenvalue weighted by atomic mass is 16.5. The van der Waals surface area contributed by atoms with Crippen molar-refractivity contribution in [3.05, 3.63) is 70.9 Å². The SMILES string of the molecule is CCOc1cc(C2C(C(=O)OC(C)C)=C(C)Nc3nnnn32)ccc1OCc1ccccc1. The van der Waals surface area contributed by atoms with Crippen LogP contribution in [0.25, 0.3) is 0 Å². The molecule has 1 aliphatic heterocycles. The van der Waals surface area contributed by atoms with Gasteiger partial charge in [-0.25, -0.2) is 4.79 Å². The number of nitrogens with zero attached hydrogens (tertiary/aromatic N) is 4. The number of carbonyl (C=O) groups is 1. The first kappa shape index (κ1) is 22.3. The molecule has 0 fully saturated rings. The van der Waals surface area contributed by atoms with Crippen molar-refractivity contribution in [2.45, 2.75) is 46.4 Å². The van der Waals surface area contributed by atoms with Gasteiger partial charge >= 0.3 is 5.97 Å². The second kappa shape index (κ2) is 9.72. The third-order valence-electron chi connectivity index (χ3n) is 5.10. The van der Waals surface area contributed by atoms with Gasteiger partial charge in [0, 0.05) is 5.70 Å². The zero-order valence-electron chi connectivity index (χ0n) is 19.1. The Hall–Kier alpha value is -3.88. The van der Waals surface area contributed by atoms with Crippen LogP contribution in [0.3, 0.4) is 0 Å². The van der Waals surface area contributed by atoms with Gasteiger partial charge in [-0.3, -0.25) is 0 Å². The van der Waals surface area contributed by atoms with E-state index in [0.29, 0.717) is 41.9 Å². The molecule has 0 amide bonds. The fourth-order valence-electron chi connectivity index (χ4n) is 3.68. The third-order valence-corrected chi connectivity index (χ3v) is 5.10. The maximum atomic E-state index is 13.0. The Morgan fingerprint density at radius 3 is 2.64 bits per heavy atom. The minimum absolute atomic E-state index is 0.263. The maximum Gasteiger partial charge on any atom is 0.338 e. The van der Waals surface area contributed by atoms with Crippen LogP contribution in [0, 0.1) is 0 Å². The molecule has 0 spiro atoms. The van der Waals surface area contributed by atoms with Crippen LogP contribution in [0.4, 0.5) is 5.95 Å². The first-order valence-corrected chi connectivity index (χ1v) is 10.9. The number of anilines is 1. The van der Waals surface area contributed by atoms with Gasteiger partial charge in [0.15, 0.2) is 11.5 Å². The summed E-state index contributed by atoms with van der Waals surface area (Å²) in [5, 5.41) is 15.0. The summed E-state index contributed by atoms with van der Waals surface area (Å²) in [6, 6.07) is 14.9. The van der Waals surface area contributed by atoms with Gasteiger partial charge in [0.1, 0.15) is 12.6 Å². The number of hydrogen-bond donors (Lipinski definition) is 1. The molecule has 4 rings (SSSR count). The average molecular weight is 450 g/mol. The summed E-state index contributed by atoms with van der Waals surface area (Å²) < 4.78 is 19.0. The molecular formula is C24H27N5O4. The number of rotatable bonds is 8. The predicted molar refractivity (Wildman–Crippen MR) is 122 cm³/mol. The number of tetrazole rings is 1. The highest BCUT2D eigenvalue weighted by Gasteiger charge is 2.35. The molecule has 1 N–H and O–H groups in total. The van der Waals surface area contributed by atoms with Gasteiger partial charge in [0.05, 0.1) is 18.3 Å². The molecule has 172 valence electrons. The van der Waals surface area contributed by atoms with E-state index in [1.807, 2.05) is 76.2 Å². The molecule has 1 atom stereocenters. The molecular weight excluding hydrogens is 422 g/mol. The molecule has 9 heteroatoms. The Labute approximate surface area is 192 Å². The van der Waals surface area contributed by atoms with E-state index < -0.39 is 12.0 Å². The zero-order chi connectivity index (χ0) is 23.4. The lowest BCUT2D eigenvalue weighted by molar-refractivity contribution is -0.143. The Balaban J connectivity index is 1.71. The first-order chi connectivity index (χ1) is 16.0. The van der Waals surface area contributed by atoms with E-state index in [1.54, 1.807) is 4.68 Å². The summed E-state index contributed by atoms with van der Waals surface area (Å²) in [4.78, 5) is 13.0. The van der Waals surface area contributed by atoms with Gasteiger partial charge in [0.2, 0.25) is 5.95 Å². The standard InChI is InChI=1S/C24H27N5O4/c1-5-31-20-13-18(11-12-19(20)32-14-17-9-7-6-8-10-17)22-21(23(30)33-15(2)3)16(4)25-24-26-27-28-29(22)24/h6-13,15,22H,5,14H2,1-4H3,(H,25,26,28). The normalized spacial score (nSPS) is 15.1. The fraction of sp³-hybridized carbons (Fsp3) is 0.333. The lowest BCUT2D eigenvalue weighted by atomic mass is 9.95. The Bertz CT molecular complexity index is 1160. The first-order valence-electron chi connectivity index (χ1n) is 10.9. The molecule has 1 unspecified atom stereocenters. The summed E-state index contributed by atoms with van der Waals surface area (Å²) in [5.74, 6) is 1.21. The van der Waals surface area contributed by atoms with Gasteiger partial charge in [-0.1, -0.05) is 41.5 Å². The van der Waals surface area contributed by atoms with E-state index in [1.165, 1.54) is 0 Å². The molecule has 0 radical (unpaired) electrons. The molecule has 3 aromatic rings. The number of allylic oxidation sites excluding steroid dienone is 1. The van der Waals surface area contributed by atoms with Gasteiger partial charge < -0.3 is 19.5 Å². The van der Waals surface area contributed by atoms with Crippen LogP contribution in [-0.4, -0.2) is 38.9 Å². The van der Waals surface area contributed by atoms with E-state index in [9.17, 15) is 4.79 Å². The number of carbonyl (C=O) groups excluding carboxylic acids is 1. The van der Waals surface area contributed by atoms with Crippen molar-refractivity contribution in [1.29, 1.82) is 0 Å². The molecule has 9 nitrogen and oxygen atoms in total. The van der Waals surface area contributed by atoms with Crippen molar-refractivity contribution in [1.82, 2.24) is 20.2 Å². The molecule has 0 saturated carbocycles. The summed E-state index contributed by atoms with van der Waals surface area (Å²) in [7, 11) is 0. The number of nitrogens with one attached hydrogen (secondary N) is 1. The smallest absolute Gasteiger partial charge is 0.338 e. The number of benzene rings is 2. The van der Waals surface area contributed by atoms with Crippen LogP contribution in [0.1, 0.15) is 44.9 Å². The quantitative estimate of drug-likeness (QED) is 0.517. The lowest BCUT2D eigenvalue weighted by Gasteiger charge is -2.28. The molecule has 2 aromatic carbocycles. The number of fused-ring (bicyclic) bond motifs is 1. The van der Waals surface area contributed by atoms with Gasteiger partial charge in [-0.15, -0.1) is 0 Å². The Kier molecular flexibility index (Phi) is 6.58. The molecule has 0 saturated heterocycles. The second-order valence-corrected chi connectivity index (χ2v) is 7.88. The number of hydrogen-bond acceptors (Lipinski definition) is 8. The second-order valence-electron chi connectivity index (χ2n) is 7.88. The maximum absolute atomic E-state index is 13.0. The van der Waals surface area contributed by atoms with Crippen molar-refractivity contribution in [3.63, 3.8) is 0 Å². The van der Waals surface area contributed by atoms with E-state index in [2.05, 4.69) is 20.8 Å². The lowest BCUT2D eigenvalue weighted by Crippen LogP contribution is -2.30.